The average Bonchev–Trinajstić information content (AvgIpc) is 3.30. The van der Waals surface area contributed by atoms with Crippen molar-refractivity contribution in [2.24, 2.45) is 0 Å². The van der Waals surface area contributed by atoms with E-state index >= 15 is 0 Å². The van der Waals surface area contributed by atoms with Crippen molar-refractivity contribution in [2.45, 2.75) is 56.9 Å². The van der Waals surface area contributed by atoms with Gasteiger partial charge in [0, 0.05) is 17.9 Å². The minimum atomic E-state index is -4.76. The Morgan fingerprint density at radius 1 is 1.05 bits per heavy atom. The van der Waals surface area contributed by atoms with Gasteiger partial charge in [0.05, 0.1) is 24.1 Å². The summed E-state index contributed by atoms with van der Waals surface area (Å²) in [6, 6.07) is 12.5. The van der Waals surface area contributed by atoms with E-state index in [9.17, 15) is 27.9 Å². The molecule has 0 radical (unpaired) electrons. The molecule has 1 saturated carbocycles. The Labute approximate surface area is 217 Å². The Morgan fingerprint density at radius 3 is 2.32 bits per heavy atom. The van der Waals surface area contributed by atoms with E-state index < -0.39 is 30.9 Å². The number of aliphatic carboxylic acids is 1. The summed E-state index contributed by atoms with van der Waals surface area (Å²) < 4.78 is 43.5. The summed E-state index contributed by atoms with van der Waals surface area (Å²) >= 11 is 0. The molecule has 8 nitrogen and oxygen atoms in total. The number of amides is 1. The normalized spacial score (nSPS) is 15.2. The van der Waals surface area contributed by atoms with Gasteiger partial charge in [-0.3, -0.25) is 4.79 Å². The zero-order valence-electron chi connectivity index (χ0n) is 20.4. The van der Waals surface area contributed by atoms with Crippen LogP contribution in [-0.4, -0.2) is 50.9 Å². The Kier molecular flexibility index (Phi) is 8.35. The molecule has 1 aromatic heterocycles. The van der Waals surface area contributed by atoms with Crippen molar-refractivity contribution in [3.8, 4) is 11.4 Å². The zero-order valence-corrected chi connectivity index (χ0v) is 20.4. The predicted molar refractivity (Wildman–Crippen MR) is 131 cm³/mol. The van der Waals surface area contributed by atoms with Crippen LogP contribution >= 0.6 is 0 Å². The standard InChI is InChI=1S/C27H28F3N3O5/c28-27(29,30)38-22-12-10-21(11-13-22)33-24(18-4-2-1-3-5-18)20(15-32-33)14-17-6-8-19(9-7-17)25(35)31-16-23(34)26(36)37/h6-13,15,18,23,34H,1-5,14,16H2,(H,31,35)(H,36,37). The third-order valence-electron chi connectivity index (χ3n) is 6.54. The SMILES string of the molecule is O=C(NCC(O)C(=O)O)c1ccc(Cc2cnn(-c3ccc(OC(F)(F)F)cc3)c2C2CCCCC2)cc1. The molecule has 1 aliphatic rings. The maximum Gasteiger partial charge on any atom is 0.573 e. The molecule has 1 heterocycles. The van der Waals surface area contributed by atoms with E-state index in [0.717, 1.165) is 48.9 Å². The van der Waals surface area contributed by atoms with E-state index in [1.807, 2.05) is 0 Å². The molecule has 0 saturated heterocycles. The highest BCUT2D eigenvalue weighted by molar-refractivity contribution is 5.94. The molecule has 0 bridgehead atoms. The monoisotopic (exact) mass is 531 g/mol. The number of carboxylic acid groups (broad SMARTS) is 1. The molecular weight excluding hydrogens is 503 g/mol. The molecule has 0 spiro atoms. The molecular formula is C27H28F3N3O5. The number of rotatable bonds is 9. The molecule has 1 atom stereocenters. The van der Waals surface area contributed by atoms with Crippen LogP contribution in [0.2, 0.25) is 0 Å². The van der Waals surface area contributed by atoms with E-state index in [0.29, 0.717) is 17.7 Å². The van der Waals surface area contributed by atoms with Crippen LogP contribution in [-0.2, 0) is 11.2 Å². The van der Waals surface area contributed by atoms with Crippen LogP contribution in [0.1, 0.15) is 65.2 Å². The fourth-order valence-corrected chi connectivity index (χ4v) is 4.71. The lowest BCUT2D eigenvalue weighted by atomic mass is 9.84. The maximum absolute atomic E-state index is 12.6. The first-order valence-corrected chi connectivity index (χ1v) is 12.3. The number of nitrogens with one attached hydrogen (secondary N) is 1. The van der Waals surface area contributed by atoms with Gasteiger partial charge in [0.1, 0.15) is 5.75 Å². The first kappa shape index (κ1) is 27.2. The first-order valence-electron chi connectivity index (χ1n) is 12.3. The van der Waals surface area contributed by atoms with Crippen molar-refractivity contribution in [1.82, 2.24) is 15.1 Å². The second-order valence-electron chi connectivity index (χ2n) is 9.28. The number of alkyl halides is 3. The van der Waals surface area contributed by atoms with Crippen LogP contribution in [0.5, 0.6) is 5.75 Å². The summed E-state index contributed by atoms with van der Waals surface area (Å²) in [5.41, 5.74) is 3.92. The number of hydrogen-bond acceptors (Lipinski definition) is 5. The predicted octanol–water partition coefficient (Wildman–Crippen LogP) is 4.58. The molecule has 1 amide bonds. The highest BCUT2D eigenvalue weighted by Gasteiger charge is 2.31. The smallest absolute Gasteiger partial charge is 0.479 e. The Morgan fingerprint density at radius 2 is 1.71 bits per heavy atom. The Balaban J connectivity index is 1.54. The van der Waals surface area contributed by atoms with Gasteiger partial charge in [-0.25, -0.2) is 9.48 Å². The van der Waals surface area contributed by atoms with Crippen LogP contribution in [0.3, 0.4) is 0 Å². The minimum absolute atomic E-state index is 0.262. The quantitative estimate of drug-likeness (QED) is 0.372. The van der Waals surface area contributed by atoms with Gasteiger partial charge in [-0.2, -0.15) is 5.10 Å². The van der Waals surface area contributed by atoms with Crippen LogP contribution in [0.15, 0.2) is 54.7 Å². The number of carbonyl (C=O) groups is 2. The van der Waals surface area contributed by atoms with E-state index in [1.165, 1.54) is 12.1 Å². The number of carboxylic acids is 1. The van der Waals surface area contributed by atoms with Crippen molar-refractivity contribution >= 4 is 11.9 Å². The molecule has 0 aliphatic heterocycles. The fourth-order valence-electron chi connectivity index (χ4n) is 4.71. The minimum Gasteiger partial charge on any atom is -0.479 e. The number of carbonyl (C=O) groups excluding carboxylic acids is 1. The van der Waals surface area contributed by atoms with Gasteiger partial charge >= 0.3 is 12.3 Å². The van der Waals surface area contributed by atoms with Crippen molar-refractivity contribution < 1.29 is 37.7 Å². The van der Waals surface area contributed by atoms with Crippen molar-refractivity contribution in [3.63, 3.8) is 0 Å². The lowest BCUT2D eigenvalue weighted by Gasteiger charge is -2.24. The second kappa shape index (κ2) is 11.7. The molecule has 1 unspecified atom stereocenters. The van der Waals surface area contributed by atoms with Gasteiger partial charge < -0.3 is 20.3 Å². The third kappa shape index (κ3) is 6.91. The molecule has 38 heavy (non-hydrogen) atoms. The number of benzene rings is 2. The summed E-state index contributed by atoms with van der Waals surface area (Å²) in [6.45, 7) is -0.400. The number of aliphatic hydroxyl groups is 1. The van der Waals surface area contributed by atoms with E-state index in [1.54, 1.807) is 47.3 Å². The van der Waals surface area contributed by atoms with E-state index in [4.69, 9.17) is 5.11 Å². The van der Waals surface area contributed by atoms with Gasteiger partial charge in [-0.15, -0.1) is 13.2 Å². The van der Waals surface area contributed by atoms with Gasteiger partial charge in [0.2, 0.25) is 0 Å². The van der Waals surface area contributed by atoms with Crippen molar-refractivity contribution in [1.29, 1.82) is 0 Å². The van der Waals surface area contributed by atoms with Gasteiger partial charge in [0.15, 0.2) is 6.10 Å². The summed E-state index contributed by atoms with van der Waals surface area (Å²) in [7, 11) is 0. The van der Waals surface area contributed by atoms with E-state index in [-0.39, 0.29) is 11.7 Å². The number of hydrogen-bond donors (Lipinski definition) is 3. The highest BCUT2D eigenvalue weighted by atomic mass is 19.4. The third-order valence-corrected chi connectivity index (χ3v) is 6.54. The topological polar surface area (TPSA) is 114 Å². The number of aromatic nitrogens is 2. The van der Waals surface area contributed by atoms with Crippen molar-refractivity contribution in [2.75, 3.05) is 6.54 Å². The fraction of sp³-hybridized carbons (Fsp3) is 0.370. The van der Waals surface area contributed by atoms with Gasteiger partial charge in [0.25, 0.3) is 5.91 Å². The van der Waals surface area contributed by atoms with Crippen LogP contribution in [0.4, 0.5) is 13.2 Å². The summed E-state index contributed by atoms with van der Waals surface area (Å²) in [6.07, 6.45) is 1.21. The number of halogens is 3. The molecule has 11 heteroatoms. The average molecular weight is 532 g/mol. The summed E-state index contributed by atoms with van der Waals surface area (Å²) in [5.74, 6) is -1.95. The number of nitrogens with zero attached hydrogens (tertiary/aromatic N) is 2. The summed E-state index contributed by atoms with van der Waals surface area (Å²) in [5, 5.41) is 25.0. The molecule has 1 fully saturated rings. The van der Waals surface area contributed by atoms with E-state index in [2.05, 4.69) is 15.2 Å². The Hall–Kier alpha value is -3.86. The van der Waals surface area contributed by atoms with Gasteiger partial charge in [-0.05, 0) is 60.4 Å². The molecule has 1 aliphatic carbocycles. The largest absolute Gasteiger partial charge is 0.573 e. The highest BCUT2D eigenvalue weighted by Crippen LogP contribution is 2.36. The number of ether oxygens (including phenoxy) is 1. The number of aliphatic hydroxyl groups excluding tert-OH is 1. The first-order chi connectivity index (χ1) is 18.1. The molecule has 3 N–H and O–H groups in total. The van der Waals surface area contributed by atoms with Crippen LogP contribution in [0.25, 0.3) is 5.69 Å². The lowest BCUT2D eigenvalue weighted by molar-refractivity contribution is -0.274. The molecule has 4 rings (SSSR count). The Bertz CT molecular complexity index is 1250. The zero-order chi connectivity index (χ0) is 27.3. The summed E-state index contributed by atoms with van der Waals surface area (Å²) in [4.78, 5) is 23.0. The maximum atomic E-state index is 12.6. The van der Waals surface area contributed by atoms with Gasteiger partial charge in [-0.1, -0.05) is 31.4 Å². The lowest BCUT2D eigenvalue weighted by Crippen LogP contribution is -2.36. The molecule has 2 aromatic carbocycles. The molecule has 202 valence electrons. The van der Waals surface area contributed by atoms with Crippen LogP contribution in [0, 0.1) is 0 Å². The molecule has 3 aromatic rings. The van der Waals surface area contributed by atoms with Crippen LogP contribution < -0.4 is 10.1 Å². The van der Waals surface area contributed by atoms with Crippen molar-refractivity contribution in [3.05, 3.63) is 77.1 Å². The second-order valence-corrected chi connectivity index (χ2v) is 9.28.